The van der Waals surface area contributed by atoms with Gasteiger partial charge in [-0.3, -0.25) is 9.59 Å². The van der Waals surface area contributed by atoms with Crippen LogP contribution in [-0.2, 0) is 16.1 Å². The fraction of sp³-hybridized carbons (Fsp3) is 0.375. The predicted octanol–water partition coefficient (Wildman–Crippen LogP) is 1.55. The van der Waals surface area contributed by atoms with E-state index >= 15 is 0 Å². The lowest BCUT2D eigenvalue weighted by Crippen LogP contribution is -2.30. The van der Waals surface area contributed by atoms with Crippen LogP contribution in [-0.4, -0.2) is 18.4 Å². The van der Waals surface area contributed by atoms with Gasteiger partial charge in [-0.25, -0.2) is 0 Å². The summed E-state index contributed by atoms with van der Waals surface area (Å²) in [7, 11) is 0. The van der Waals surface area contributed by atoms with Crippen LogP contribution in [0.4, 0.5) is 0 Å². The van der Waals surface area contributed by atoms with Gasteiger partial charge in [0.2, 0.25) is 11.8 Å². The first-order valence-corrected chi connectivity index (χ1v) is 6.83. The number of benzene rings is 1. The largest absolute Gasteiger partial charge is 0.352 e. The van der Waals surface area contributed by atoms with E-state index in [1.54, 1.807) is 6.08 Å². The molecule has 4 heteroatoms. The van der Waals surface area contributed by atoms with Gasteiger partial charge < -0.3 is 10.6 Å². The molecule has 0 bridgehead atoms. The first kappa shape index (κ1) is 14.3. The molecule has 0 heterocycles. The molecule has 2 amide bonds. The van der Waals surface area contributed by atoms with Crippen molar-refractivity contribution in [2.75, 3.05) is 6.54 Å². The Balaban J connectivity index is 1.75. The second-order valence-corrected chi connectivity index (χ2v) is 5.19. The highest BCUT2D eigenvalue weighted by Crippen LogP contribution is 2.38. The molecule has 2 unspecified atom stereocenters. The van der Waals surface area contributed by atoms with Gasteiger partial charge in [-0.05, 0) is 18.9 Å². The molecule has 1 aliphatic carbocycles. The predicted molar refractivity (Wildman–Crippen MR) is 77.8 cm³/mol. The van der Waals surface area contributed by atoms with Crippen molar-refractivity contribution in [2.45, 2.75) is 19.9 Å². The molecule has 2 N–H and O–H groups in total. The molecule has 4 nitrogen and oxygen atoms in total. The quantitative estimate of drug-likeness (QED) is 0.772. The Labute approximate surface area is 119 Å². The molecule has 0 saturated heterocycles. The van der Waals surface area contributed by atoms with Crippen molar-refractivity contribution in [3.63, 3.8) is 0 Å². The second-order valence-electron chi connectivity index (χ2n) is 5.19. The molecular formula is C16H20N2O2. The van der Waals surface area contributed by atoms with Crippen LogP contribution >= 0.6 is 0 Å². The number of carbonyl (C=O) groups is 2. The summed E-state index contributed by atoms with van der Waals surface area (Å²) in [5, 5.41) is 5.60. The third-order valence-electron chi connectivity index (χ3n) is 3.47. The number of aryl methyl sites for hydroxylation is 1. The van der Waals surface area contributed by atoms with E-state index in [0.29, 0.717) is 19.5 Å². The lowest BCUT2D eigenvalue weighted by Gasteiger charge is -2.05. The summed E-state index contributed by atoms with van der Waals surface area (Å²) in [6.07, 6.45) is 2.27. The highest BCUT2D eigenvalue weighted by Gasteiger charge is 2.47. The minimum atomic E-state index is -0.176. The number of hydrogen-bond donors (Lipinski definition) is 2. The van der Waals surface area contributed by atoms with Crippen LogP contribution in [0.15, 0.2) is 36.9 Å². The van der Waals surface area contributed by atoms with E-state index in [-0.39, 0.29) is 23.7 Å². The first-order valence-electron chi connectivity index (χ1n) is 6.83. The van der Waals surface area contributed by atoms with Gasteiger partial charge in [0.05, 0.1) is 11.8 Å². The molecule has 1 aromatic rings. The SMILES string of the molecule is C=CCNC(=O)C1CC1C(=O)NCc1ccc(C)cc1. The summed E-state index contributed by atoms with van der Waals surface area (Å²) in [6, 6.07) is 8.03. The van der Waals surface area contributed by atoms with Gasteiger partial charge in [0.15, 0.2) is 0 Å². The Morgan fingerprint density at radius 3 is 2.40 bits per heavy atom. The number of amides is 2. The Hall–Kier alpha value is -2.10. The zero-order chi connectivity index (χ0) is 14.5. The first-order chi connectivity index (χ1) is 9.61. The molecule has 2 rings (SSSR count). The Kier molecular flexibility index (Phi) is 4.56. The van der Waals surface area contributed by atoms with Crippen molar-refractivity contribution < 1.29 is 9.59 Å². The summed E-state index contributed by atoms with van der Waals surface area (Å²) >= 11 is 0. The molecule has 1 fully saturated rings. The number of carbonyl (C=O) groups excluding carboxylic acids is 2. The minimum absolute atomic E-state index is 0.0377. The number of hydrogen-bond acceptors (Lipinski definition) is 2. The monoisotopic (exact) mass is 272 g/mol. The lowest BCUT2D eigenvalue weighted by molar-refractivity contribution is -0.127. The van der Waals surface area contributed by atoms with Crippen molar-refractivity contribution in [2.24, 2.45) is 11.8 Å². The minimum Gasteiger partial charge on any atom is -0.352 e. The summed E-state index contributed by atoms with van der Waals surface area (Å²) in [5.41, 5.74) is 2.26. The van der Waals surface area contributed by atoms with Gasteiger partial charge in [0.25, 0.3) is 0 Å². The van der Waals surface area contributed by atoms with E-state index < -0.39 is 0 Å². The molecule has 1 aromatic carbocycles. The molecule has 106 valence electrons. The molecule has 2 atom stereocenters. The zero-order valence-electron chi connectivity index (χ0n) is 11.7. The van der Waals surface area contributed by atoms with Crippen LogP contribution in [0.25, 0.3) is 0 Å². The maximum Gasteiger partial charge on any atom is 0.224 e. The Bertz CT molecular complexity index is 508. The van der Waals surface area contributed by atoms with Crippen molar-refractivity contribution in [1.82, 2.24) is 10.6 Å². The number of nitrogens with one attached hydrogen (secondary N) is 2. The van der Waals surface area contributed by atoms with Gasteiger partial charge in [-0.2, -0.15) is 0 Å². The van der Waals surface area contributed by atoms with Crippen LogP contribution in [0.1, 0.15) is 17.5 Å². The summed E-state index contributed by atoms with van der Waals surface area (Å²) in [5.74, 6) is -0.442. The highest BCUT2D eigenvalue weighted by atomic mass is 16.2. The summed E-state index contributed by atoms with van der Waals surface area (Å²) in [4.78, 5) is 23.6. The van der Waals surface area contributed by atoms with Crippen LogP contribution < -0.4 is 10.6 Å². The maximum absolute atomic E-state index is 11.9. The van der Waals surface area contributed by atoms with Crippen LogP contribution in [0.3, 0.4) is 0 Å². The van der Waals surface area contributed by atoms with Crippen LogP contribution in [0.2, 0.25) is 0 Å². The van der Waals surface area contributed by atoms with E-state index in [9.17, 15) is 9.59 Å². The fourth-order valence-corrected chi connectivity index (χ4v) is 2.10. The normalized spacial score (nSPS) is 20.1. The second kappa shape index (κ2) is 6.37. The summed E-state index contributed by atoms with van der Waals surface area (Å²) in [6.45, 7) is 6.53. The highest BCUT2D eigenvalue weighted by molar-refractivity contribution is 5.92. The van der Waals surface area contributed by atoms with Crippen molar-refractivity contribution in [1.29, 1.82) is 0 Å². The van der Waals surface area contributed by atoms with Crippen molar-refractivity contribution in [3.05, 3.63) is 48.0 Å². The average Bonchev–Trinajstić information content (AvgIpc) is 3.24. The molecule has 0 spiro atoms. The standard InChI is InChI=1S/C16H20N2O2/c1-3-8-17-15(19)13-9-14(13)16(20)18-10-12-6-4-11(2)5-7-12/h3-7,13-14H,1,8-10H2,2H3,(H,17,19)(H,18,20). The van der Waals surface area contributed by atoms with Crippen LogP contribution in [0.5, 0.6) is 0 Å². The van der Waals surface area contributed by atoms with Crippen molar-refractivity contribution in [3.8, 4) is 0 Å². The van der Waals surface area contributed by atoms with E-state index in [0.717, 1.165) is 5.56 Å². The average molecular weight is 272 g/mol. The van der Waals surface area contributed by atoms with E-state index in [2.05, 4.69) is 17.2 Å². The van der Waals surface area contributed by atoms with Gasteiger partial charge in [0, 0.05) is 13.1 Å². The third-order valence-corrected chi connectivity index (χ3v) is 3.47. The van der Waals surface area contributed by atoms with Gasteiger partial charge >= 0.3 is 0 Å². The van der Waals surface area contributed by atoms with E-state index in [4.69, 9.17) is 0 Å². The molecule has 1 saturated carbocycles. The lowest BCUT2D eigenvalue weighted by atomic mass is 10.1. The molecular weight excluding hydrogens is 252 g/mol. The third kappa shape index (κ3) is 3.70. The molecule has 20 heavy (non-hydrogen) atoms. The fourth-order valence-electron chi connectivity index (χ4n) is 2.10. The van der Waals surface area contributed by atoms with E-state index in [1.165, 1.54) is 5.56 Å². The topological polar surface area (TPSA) is 58.2 Å². The van der Waals surface area contributed by atoms with Crippen LogP contribution in [0, 0.1) is 18.8 Å². The van der Waals surface area contributed by atoms with Gasteiger partial charge in [-0.15, -0.1) is 6.58 Å². The van der Waals surface area contributed by atoms with E-state index in [1.807, 2.05) is 31.2 Å². The van der Waals surface area contributed by atoms with Gasteiger partial charge in [0.1, 0.15) is 0 Å². The Morgan fingerprint density at radius 2 is 1.80 bits per heavy atom. The zero-order valence-corrected chi connectivity index (χ0v) is 11.7. The molecule has 1 aliphatic rings. The maximum atomic E-state index is 11.9. The smallest absolute Gasteiger partial charge is 0.224 e. The van der Waals surface area contributed by atoms with Crippen molar-refractivity contribution >= 4 is 11.8 Å². The number of rotatable bonds is 6. The summed E-state index contributed by atoms with van der Waals surface area (Å²) < 4.78 is 0. The van der Waals surface area contributed by atoms with Gasteiger partial charge in [-0.1, -0.05) is 35.9 Å². The molecule has 0 aliphatic heterocycles. The Morgan fingerprint density at radius 1 is 1.20 bits per heavy atom. The molecule has 0 aromatic heterocycles. The molecule has 0 radical (unpaired) electrons.